The lowest BCUT2D eigenvalue weighted by atomic mass is 10.1. The molecule has 1 aromatic carbocycles. The summed E-state index contributed by atoms with van der Waals surface area (Å²) in [6.07, 6.45) is 1.77. The summed E-state index contributed by atoms with van der Waals surface area (Å²) in [6, 6.07) is 4.54. The summed E-state index contributed by atoms with van der Waals surface area (Å²) >= 11 is 7.30. The highest BCUT2D eigenvalue weighted by molar-refractivity contribution is 7.11. The van der Waals surface area contributed by atoms with Gasteiger partial charge in [0.1, 0.15) is 5.82 Å². The van der Waals surface area contributed by atoms with Gasteiger partial charge in [-0.1, -0.05) is 17.7 Å². The van der Waals surface area contributed by atoms with Gasteiger partial charge in [0.05, 0.1) is 11.0 Å². The molecule has 5 heteroatoms. The van der Waals surface area contributed by atoms with Crippen LogP contribution < -0.4 is 5.32 Å². The lowest BCUT2D eigenvalue weighted by molar-refractivity contribution is 0.579. The average Bonchev–Trinajstić information content (AvgIpc) is 2.69. The highest BCUT2D eigenvalue weighted by atomic mass is 35.5. The van der Waals surface area contributed by atoms with Crippen molar-refractivity contribution in [2.75, 3.05) is 7.05 Å². The van der Waals surface area contributed by atoms with E-state index in [2.05, 4.69) is 10.3 Å². The van der Waals surface area contributed by atoms with Gasteiger partial charge in [-0.25, -0.2) is 9.37 Å². The number of aryl methyl sites for hydroxylation is 1. The minimum atomic E-state index is -0.303. The second kappa shape index (κ2) is 5.12. The first kappa shape index (κ1) is 12.5. The Balaban J connectivity index is 2.42. The number of nitrogens with one attached hydrogen (secondary N) is 1. The summed E-state index contributed by atoms with van der Waals surface area (Å²) in [5.41, 5.74) is 0.584. The zero-order valence-corrected chi connectivity index (χ0v) is 11.1. The third kappa shape index (κ3) is 2.65. The highest BCUT2D eigenvalue weighted by Gasteiger charge is 2.18. The van der Waals surface area contributed by atoms with Crippen molar-refractivity contribution >= 4 is 22.9 Å². The molecule has 1 N–H and O–H groups in total. The van der Waals surface area contributed by atoms with E-state index < -0.39 is 0 Å². The third-order valence-electron chi connectivity index (χ3n) is 2.49. The van der Waals surface area contributed by atoms with Crippen molar-refractivity contribution in [1.29, 1.82) is 0 Å². The predicted octanol–water partition coefficient (Wildman–Crippen LogP) is 3.55. The molecule has 1 aromatic heterocycles. The van der Waals surface area contributed by atoms with Crippen molar-refractivity contribution in [2.24, 2.45) is 0 Å². The molecule has 2 rings (SSSR count). The minimum absolute atomic E-state index is 0.182. The Morgan fingerprint density at radius 1 is 1.47 bits per heavy atom. The van der Waals surface area contributed by atoms with Crippen LogP contribution in [0.5, 0.6) is 0 Å². The number of rotatable bonds is 3. The SMILES string of the molecule is CNC(c1cnc(C)s1)c1ccc(Cl)cc1F. The van der Waals surface area contributed by atoms with E-state index in [0.29, 0.717) is 10.6 Å². The van der Waals surface area contributed by atoms with Crippen molar-refractivity contribution < 1.29 is 4.39 Å². The zero-order valence-electron chi connectivity index (χ0n) is 9.50. The summed E-state index contributed by atoms with van der Waals surface area (Å²) in [6.45, 7) is 1.93. The standard InChI is InChI=1S/C12H12ClFN2S/c1-7-16-6-11(17-7)12(15-2)9-4-3-8(13)5-10(9)14/h3-6,12,15H,1-2H3. The van der Waals surface area contributed by atoms with Crippen molar-refractivity contribution in [3.05, 3.63) is 50.7 Å². The van der Waals surface area contributed by atoms with Gasteiger partial charge in [0.25, 0.3) is 0 Å². The Hall–Kier alpha value is -0.970. The third-order valence-corrected chi connectivity index (χ3v) is 3.70. The summed E-state index contributed by atoms with van der Waals surface area (Å²) in [7, 11) is 1.80. The molecule has 0 bridgehead atoms. The van der Waals surface area contributed by atoms with Gasteiger partial charge in [0.15, 0.2) is 0 Å². The lowest BCUT2D eigenvalue weighted by Crippen LogP contribution is -2.17. The van der Waals surface area contributed by atoms with E-state index in [-0.39, 0.29) is 11.9 Å². The number of nitrogens with zero attached hydrogens (tertiary/aromatic N) is 1. The van der Waals surface area contributed by atoms with E-state index in [1.807, 2.05) is 6.92 Å². The zero-order chi connectivity index (χ0) is 12.4. The summed E-state index contributed by atoms with van der Waals surface area (Å²) in [5.74, 6) is -0.303. The smallest absolute Gasteiger partial charge is 0.129 e. The highest BCUT2D eigenvalue weighted by Crippen LogP contribution is 2.29. The van der Waals surface area contributed by atoms with Crippen LogP contribution in [0.4, 0.5) is 4.39 Å². The number of thiazole rings is 1. The normalized spacial score (nSPS) is 12.7. The second-order valence-electron chi connectivity index (χ2n) is 3.67. The number of benzene rings is 1. The first-order valence-electron chi connectivity index (χ1n) is 5.16. The average molecular weight is 271 g/mol. The van der Waals surface area contributed by atoms with Gasteiger partial charge in [0, 0.05) is 21.7 Å². The van der Waals surface area contributed by atoms with Crippen LogP contribution in [0.15, 0.2) is 24.4 Å². The number of hydrogen-bond acceptors (Lipinski definition) is 3. The Labute approximate surface area is 108 Å². The van der Waals surface area contributed by atoms with Gasteiger partial charge >= 0.3 is 0 Å². The molecular formula is C12H12ClFN2S. The topological polar surface area (TPSA) is 24.9 Å². The van der Waals surface area contributed by atoms with E-state index in [0.717, 1.165) is 9.88 Å². The van der Waals surface area contributed by atoms with Crippen molar-refractivity contribution in [2.45, 2.75) is 13.0 Å². The molecular weight excluding hydrogens is 259 g/mol. The maximum Gasteiger partial charge on any atom is 0.129 e. The molecule has 0 spiro atoms. The molecule has 17 heavy (non-hydrogen) atoms. The molecule has 0 saturated carbocycles. The van der Waals surface area contributed by atoms with Crippen LogP contribution in [-0.4, -0.2) is 12.0 Å². The predicted molar refractivity (Wildman–Crippen MR) is 69.2 cm³/mol. The summed E-state index contributed by atoms with van der Waals surface area (Å²) in [5, 5.41) is 4.47. The lowest BCUT2D eigenvalue weighted by Gasteiger charge is -2.15. The molecule has 0 amide bonds. The minimum Gasteiger partial charge on any atom is -0.309 e. The van der Waals surface area contributed by atoms with Crippen LogP contribution in [0.25, 0.3) is 0 Å². The molecule has 0 radical (unpaired) electrons. The van der Waals surface area contributed by atoms with E-state index in [1.165, 1.54) is 6.07 Å². The Morgan fingerprint density at radius 3 is 2.76 bits per heavy atom. The van der Waals surface area contributed by atoms with Crippen LogP contribution >= 0.6 is 22.9 Å². The molecule has 0 saturated heterocycles. The number of halogens is 2. The van der Waals surface area contributed by atoms with Crippen LogP contribution in [0, 0.1) is 12.7 Å². The maximum absolute atomic E-state index is 13.8. The van der Waals surface area contributed by atoms with Gasteiger partial charge in [-0.15, -0.1) is 11.3 Å². The molecule has 1 heterocycles. The molecule has 2 aromatic rings. The van der Waals surface area contributed by atoms with Gasteiger partial charge in [-0.2, -0.15) is 0 Å². The van der Waals surface area contributed by atoms with E-state index in [1.54, 1.807) is 36.7 Å². The summed E-state index contributed by atoms with van der Waals surface area (Å²) in [4.78, 5) is 5.18. The fourth-order valence-corrected chi connectivity index (χ4v) is 2.77. The Kier molecular flexibility index (Phi) is 3.76. The van der Waals surface area contributed by atoms with Gasteiger partial charge in [-0.3, -0.25) is 0 Å². The Morgan fingerprint density at radius 2 is 2.24 bits per heavy atom. The molecule has 0 aliphatic heterocycles. The molecule has 1 atom stereocenters. The Bertz CT molecular complexity index is 527. The van der Waals surface area contributed by atoms with Crippen molar-refractivity contribution in [3.63, 3.8) is 0 Å². The molecule has 0 fully saturated rings. The largest absolute Gasteiger partial charge is 0.309 e. The first-order valence-corrected chi connectivity index (χ1v) is 6.36. The molecule has 0 aliphatic carbocycles. The van der Waals surface area contributed by atoms with Crippen LogP contribution in [0.2, 0.25) is 5.02 Å². The van der Waals surface area contributed by atoms with Crippen LogP contribution in [0.3, 0.4) is 0 Å². The van der Waals surface area contributed by atoms with Crippen LogP contribution in [0.1, 0.15) is 21.5 Å². The quantitative estimate of drug-likeness (QED) is 0.923. The molecule has 2 nitrogen and oxygen atoms in total. The van der Waals surface area contributed by atoms with Crippen LogP contribution in [-0.2, 0) is 0 Å². The fourth-order valence-electron chi connectivity index (χ4n) is 1.70. The van der Waals surface area contributed by atoms with Gasteiger partial charge in [0.2, 0.25) is 0 Å². The fraction of sp³-hybridized carbons (Fsp3) is 0.250. The van der Waals surface area contributed by atoms with E-state index in [9.17, 15) is 4.39 Å². The summed E-state index contributed by atoms with van der Waals surface area (Å²) < 4.78 is 13.8. The van der Waals surface area contributed by atoms with Gasteiger partial charge < -0.3 is 5.32 Å². The molecule has 90 valence electrons. The molecule has 0 aliphatic rings. The van der Waals surface area contributed by atoms with Gasteiger partial charge in [-0.05, 0) is 26.1 Å². The second-order valence-corrected chi connectivity index (χ2v) is 5.37. The van der Waals surface area contributed by atoms with Crippen molar-refractivity contribution in [1.82, 2.24) is 10.3 Å². The van der Waals surface area contributed by atoms with E-state index in [4.69, 9.17) is 11.6 Å². The maximum atomic E-state index is 13.8. The number of hydrogen-bond donors (Lipinski definition) is 1. The van der Waals surface area contributed by atoms with Crippen molar-refractivity contribution in [3.8, 4) is 0 Å². The first-order chi connectivity index (χ1) is 8.11. The molecule has 1 unspecified atom stereocenters. The monoisotopic (exact) mass is 270 g/mol. The number of aromatic nitrogens is 1. The van der Waals surface area contributed by atoms with E-state index >= 15 is 0 Å².